The molecule has 0 radical (unpaired) electrons. The number of carbonyl (C=O) groups excluding carboxylic acids is 2. The van der Waals surface area contributed by atoms with Gasteiger partial charge in [-0.15, -0.1) is 11.3 Å². The topological polar surface area (TPSA) is 52.7 Å². The molecule has 1 aliphatic heterocycles. The Labute approximate surface area is 123 Å². The summed E-state index contributed by atoms with van der Waals surface area (Å²) >= 11 is 1.41. The van der Waals surface area contributed by atoms with Crippen LogP contribution >= 0.6 is 11.3 Å². The van der Waals surface area contributed by atoms with Gasteiger partial charge in [-0.05, 0) is 44.8 Å². The van der Waals surface area contributed by atoms with E-state index in [0.717, 1.165) is 31.5 Å². The van der Waals surface area contributed by atoms with E-state index in [-0.39, 0.29) is 11.8 Å². The van der Waals surface area contributed by atoms with Crippen molar-refractivity contribution < 1.29 is 9.59 Å². The number of nitrogens with one attached hydrogen (secondary N) is 1. The molecule has 1 N–H and O–H groups in total. The first-order valence-electron chi connectivity index (χ1n) is 6.81. The Balaban J connectivity index is 2.14. The summed E-state index contributed by atoms with van der Waals surface area (Å²) in [4.78, 5) is 28.7. The molecule has 20 heavy (non-hydrogen) atoms. The zero-order chi connectivity index (χ0) is 14.7. The molecule has 0 unspecified atom stereocenters. The number of aryl methyl sites for hydroxylation is 1. The van der Waals surface area contributed by atoms with Crippen LogP contribution in [0.25, 0.3) is 0 Å². The predicted molar refractivity (Wildman–Crippen MR) is 81.4 cm³/mol. The van der Waals surface area contributed by atoms with Crippen LogP contribution in [-0.2, 0) is 4.79 Å². The first kappa shape index (κ1) is 15.0. The molecule has 1 fully saturated rings. The Kier molecular flexibility index (Phi) is 4.77. The van der Waals surface area contributed by atoms with Crippen LogP contribution in [0.5, 0.6) is 0 Å². The number of hydrogen-bond donors (Lipinski definition) is 1. The molecule has 2 amide bonds. The maximum absolute atomic E-state index is 12.5. The van der Waals surface area contributed by atoms with E-state index in [9.17, 15) is 9.59 Å². The third-order valence-corrected chi connectivity index (χ3v) is 4.37. The number of amides is 2. The van der Waals surface area contributed by atoms with Crippen molar-refractivity contribution in [3.8, 4) is 0 Å². The Hall–Kier alpha value is -1.40. The number of likely N-dealkylation sites (tertiary alicyclic amines) is 1. The highest BCUT2D eigenvalue weighted by atomic mass is 32.1. The first-order chi connectivity index (χ1) is 9.49. The highest BCUT2D eigenvalue weighted by Crippen LogP contribution is 2.29. The molecule has 2 rings (SSSR count). The number of rotatable bonds is 4. The molecule has 0 aliphatic carbocycles. The fourth-order valence-corrected chi connectivity index (χ4v) is 3.26. The summed E-state index contributed by atoms with van der Waals surface area (Å²) in [5.74, 6) is -0.0484. The molecule has 0 bridgehead atoms. The molecule has 0 aromatic carbocycles. The predicted octanol–water partition coefficient (Wildman–Crippen LogP) is 1.79. The Bertz CT molecular complexity index is 505. The van der Waals surface area contributed by atoms with E-state index in [4.69, 9.17) is 0 Å². The molecular formula is C14H21N3O2S. The van der Waals surface area contributed by atoms with Crippen LogP contribution in [0.3, 0.4) is 0 Å². The maximum Gasteiger partial charge on any atom is 0.266 e. The molecule has 6 heteroatoms. The number of hydrogen-bond acceptors (Lipinski definition) is 4. The SMILES string of the molecule is Cc1csc(C(=O)N2CCCC2)c1NC(=O)CN(C)C. The maximum atomic E-state index is 12.5. The van der Waals surface area contributed by atoms with Gasteiger partial charge >= 0.3 is 0 Å². The van der Waals surface area contributed by atoms with Gasteiger partial charge in [-0.1, -0.05) is 0 Å². The molecule has 0 spiro atoms. The molecule has 1 aromatic heterocycles. The van der Waals surface area contributed by atoms with Gasteiger partial charge in [0.05, 0.1) is 12.2 Å². The lowest BCUT2D eigenvalue weighted by Gasteiger charge is -2.16. The van der Waals surface area contributed by atoms with Gasteiger partial charge in [0.1, 0.15) is 4.88 Å². The lowest BCUT2D eigenvalue weighted by atomic mass is 10.2. The fourth-order valence-electron chi connectivity index (χ4n) is 2.29. The molecule has 110 valence electrons. The van der Waals surface area contributed by atoms with Gasteiger partial charge in [0.15, 0.2) is 0 Å². The van der Waals surface area contributed by atoms with Crippen LogP contribution in [0.2, 0.25) is 0 Å². The summed E-state index contributed by atoms with van der Waals surface area (Å²) in [6.45, 7) is 3.87. The number of anilines is 1. The van der Waals surface area contributed by atoms with E-state index >= 15 is 0 Å². The Morgan fingerprint density at radius 1 is 1.35 bits per heavy atom. The number of thiophene rings is 1. The van der Waals surface area contributed by atoms with E-state index in [1.165, 1.54) is 11.3 Å². The van der Waals surface area contributed by atoms with E-state index in [1.54, 1.807) is 4.90 Å². The third kappa shape index (κ3) is 3.37. The van der Waals surface area contributed by atoms with Crippen molar-refractivity contribution in [2.45, 2.75) is 19.8 Å². The summed E-state index contributed by atoms with van der Waals surface area (Å²) in [6, 6.07) is 0. The summed E-state index contributed by atoms with van der Waals surface area (Å²) in [5.41, 5.74) is 1.63. The summed E-state index contributed by atoms with van der Waals surface area (Å²) < 4.78 is 0. The van der Waals surface area contributed by atoms with Crippen molar-refractivity contribution >= 4 is 28.8 Å². The average Bonchev–Trinajstić information content (AvgIpc) is 2.99. The first-order valence-corrected chi connectivity index (χ1v) is 7.69. The molecule has 1 saturated heterocycles. The second kappa shape index (κ2) is 6.37. The Morgan fingerprint density at radius 3 is 2.60 bits per heavy atom. The molecule has 5 nitrogen and oxygen atoms in total. The van der Waals surface area contributed by atoms with Crippen molar-refractivity contribution in [1.82, 2.24) is 9.80 Å². The normalized spacial score (nSPS) is 14.9. The molecular weight excluding hydrogens is 274 g/mol. The Morgan fingerprint density at radius 2 is 2.00 bits per heavy atom. The van der Waals surface area contributed by atoms with Gasteiger partial charge in [-0.3, -0.25) is 9.59 Å². The minimum Gasteiger partial charge on any atom is -0.338 e. The summed E-state index contributed by atoms with van der Waals surface area (Å²) in [5, 5.41) is 4.80. The van der Waals surface area contributed by atoms with Gasteiger partial charge < -0.3 is 15.1 Å². The summed E-state index contributed by atoms with van der Waals surface area (Å²) in [6.07, 6.45) is 2.14. The van der Waals surface area contributed by atoms with Crippen LogP contribution in [-0.4, -0.2) is 55.3 Å². The van der Waals surface area contributed by atoms with Crippen LogP contribution in [0.1, 0.15) is 28.1 Å². The number of likely N-dealkylation sites (N-methyl/N-ethyl adjacent to an activating group) is 1. The highest BCUT2D eigenvalue weighted by molar-refractivity contribution is 7.13. The van der Waals surface area contributed by atoms with E-state index in [0.29, 0.717) is 17.1 Å². The zero-order valence-electron chi connectivity index (χ0n) is 12.2. The van der Waals surface area contributed by atoms with Crippen molar-refractivity contribution in [3.05, 3.63) is 15.8 Å². The molecule has 1 aromatic rings. The van der Waals surface area contributed by atoms with Gasteiger partial charge in [-0.2, -0.15) is 0 Å². The lowest BCUT2D eigenvalue weighted by Crippen LogP contribution is -2.30. The molecule has 0 atom stereocenters. The van der Waals surface area contributed by atoms with Crippen molar-refractivity contribution in [2.75, 3.05) is 39.0 Å². The molecule has 0 saturated carbocycles. The van der Waals surface area contributed by atoms with Crippen LogP contribution in [0, 0.1) is 6.92 Å². The van der Waals surface area contributed by atoms with Crippen LogP contribution in [0.15, 0.2) is 5.38 Å². The van der Waals surface area contributed by atoms with Gasteiger partial charge in [-0.25, -0.2) is 0 Å². The van der Waals surface area contributed by atoms with Gasteiger partial charge in [0.2, 0.25) is 5.91 Å². The monoisotopic (exact) mass is 295 g/mol. The van der Waals surface area contributed by atoms with Crippen molar-refractivity contribution in [3.63, 3.8) is 0 Å². The summed E-state index contributed by atoms with van der Waals surface area (Å²) in [7, 11) is 3.69. The largest absolute Gasteiger partial charge is 0.338 e. The quantitative estimate of drug-likeness (QED) is 0.921. The smallest absolute Gasteiger partial charge is 0.266 e. The fraction of sp³-hybridized carbons (Fsp3) is 0.571. The van der Waals surface area contributed by atoms with E-state index in [2.05, 4.69) is 5.32 Å². The number of carbonyl (C=O) groups is 2. The third-order valence-electron chi connectivity index (χ3n) is 3.29. The number of nitrogens with zero attached hydrogens (tertiary/aromatic N) is 2. The zero-order valence-corrected chi connectivity index (χ0v) is 13.0. The van der Waals surface area contributed by atoms with Crippen LogP contribution < -0.4 is 5.32 Å². The minimum atomic E-state index is -0.0908. The van der Waals surface area contributed by atoms with Gasteiger partial charge in [0.25, 0.3) is 5.91 Å². The average molecular weight is 295 g/mol. The van der Waals surface area contributed by atoms with E-state index in [1.807, 2.05) is 31.3 Å². The van der Waals surface area contributed by atoms with Gasteiger partial charge in [0, 0.05) is 13.1 Å². The minimum absolute atomic E-state index is 0.0424. The molecule has 2 heterocycles. The second-order valence-electron chi connectivity index (χ2n) is 5.41. The van der Waals surface area contributed by atoms with Crippen molar-refractivity contribution in [2.24, 2.45) is 0 Å². The standard InChI is InChI=1S/C14H21N3O2S/c1-10-9-20-13(14(19)17-6-4-5-7-17)12(10)15-11(18)8-16(2)3/h9H,4-8H2,1-3H3,(H,15,18). The van der Waals surface area contributed by atoms with E-state index < -0.39 is 0 Å². The second-order valence-corrected chi connectivity index (χ2v) is 6.29. The lowest BCUT2D eigenvalue weighted by molar-refractivity contribution is -0.116. The van der Waals surface area contributed by atoms with Crippen LogP contribution in [0.4, 0.5) is 5.69 Å². The molecule has 1 aliphatic rings. The highest BCUT2D eigenvalue weighted by Gasteiger charge is 2.25. The van der Waals surface area contributed by atoms with Crippen molar-refractivity contribution in [1.29, 1.82) is 0 Å².